The summed E-state index contributed by atoms with van der Waals surface area (Å²) in [4.78, 5) is 43.7. The van der Waals surface area contributed by atoms with E-state index < -0.39 is 23.0 Å². The molecule has 0 saturated carbocycles. The molecule has 0 bridgehead atoms. The van der Waals surface area contributed by atoms with Crippen LogP contribution < -0.4 is 4.90 Å². The monoisotopic (exact) mass is 540 g/mol. The lowest BCUT2D eigenvalue weighted by molar-refractivity contribution is -0.140. The third-order valence-electron chi connectivity index (χ3n) is 5.33. The van der Waals surface area contributed by atoms with Crippen molar-refractivity contribution in [3.63, 3.8) is 0 Å². The van der Waals surface area contributed by atoms with Crippen molar-refractivity contribution in [3.8, 4) is 0 Å². The summed E-state index contributed by atoms with van der Waals surface area (Å²) in [5.41, 5.74) is 0.880. The van der Waals surface area contributed by atoms with Gasteiger partial charge in [-0.2, -0.15) is 4.39 Å². The third-order valence-corrected chi connectivity index (χ3v) is 7.04. The van der Waals surface area contributed by atoms with Gasteiger partial charge in [-0.05, 0) is 37.3 Å². The van der Waals surface area contributed by atoms with Gasteiger partial charge in [0.25, 0.3) is 5.91 Å². The van der Waals surface area contributed by atoms with Crippen LogP contribution in [0, 0.1) is 5.13 Å². The summed E-state index contributed by atoms with van der Waals surface area (Å²) in [5, 5.41) is -0.550. The number of rotatable bonds is 9. The van der Waals surface area contributed by atoms with Crippen LogP contribution in [0.3, 0.4) is 0 Å². The molecule has 2 aromatic heterocycles. The number of carbonyl (C=O) groups excluding carboxylic acids is 3. The minimum atomic E-state index is -0.739. The average molecular weight is 541 g/mol. The zero-order chi connectivity index (χ0) is 25.5. The highest BCUT2D eigenvalue weighted by molar-refractivity contribution is 7.11. The first-order valence-electron chi connectivity index (χ1n) is 10.7. The summed E-state index contributed by atoms with van der Waals surface area (Å²) in [6, 6.07) is 3.20. The van der Waals surface area contributed by atoms with Gasteiger partial charge in [0.1, 0.15) is 17.4 Å². The predicted molar refractivity (Wildman–Crippen MR) is 132 cm³/mol. The highest BCUT2D eigenvalue weighted by Gasteiger charge is 2.33. The van der Waals surface area contributed by atoms with Crippen molar-refractivity contribution >= 4 is 58.1 Å². The molecular formula is C24H23Cl2FN2O5S. The molecule has 0 radical (unpaired) electrons. The number of hydrogen-bond acceptors (Lipinski definition) is 7. The van der Waals surface area contributed by atoms with E-state index in [2.05, 4.69) is 16.3 Å². The first-order chi connectivity index (χ1) is 16.8. The molecule has 0 aliphatic heterocycles. The Bertz CT molecular complexity index is 1160. The maximum absolute atomic E-state index is 15.2. The van der Waals surface area contributed by atoms with Crippen molar-refractivity contribution in [3.05, 3.63) is 67.9 Å². The second kappa shape index (κ2) is 12.3. The minimum absolute atomic E-state index is 0.00579. The molecule has 7 nitrogen and oxygen atoms in total. The number of amides is 1. The Labute approximate surface area is 216 Å². The Balaban J connectivity index is 2.08. The Morgan fingerprint density at radius 1 is 1.23 bits per heavy atom. The predicted octanol–water partition coefficient (Wildman–Crippen LogP) is 5.44. The number of hydrogen-bond donors (Lipinski definition) is 0. The topological polar surface area (TPSA) is 85.8 Å². The smallest absolute Gasteiger partial charge is 0.334 e. The van der Waals surface area contributed by atoms with Crippen LogP contribution in [0.5, 0.6) is 0 Å². The van der Waals surface area contributed by atoms with E-state index in [-0.39, 0.29) is 51.5 Å². The molecule has 2 aromatic rings. The number of methoxy groups -OCH3 is 1. The first-order valence-corrected chi connectivity index (χ1v) is 12.3. The fourth-order valence-electron chi connectivity index (χ4n) is 3.65. The normalized spacial score (nSPS) is 13.4. The molecule has 1 aliphatic rings. The fourth-order valence-corrected chi connectivity index (χ4v) is 5.08. The highest BCUT2D eigenvalue weighted by Crippen LogP contribution is 2.41. The Morgan fingerprint density at radius 3 is 2.57 bits per heavy atom. The van der Waals surface area contributed by atoms with Gasteiger partial charge in [-0.25, -0.2) is 9.78 Å². The Morgan fingerprint density at radius 2 is 1.94 bits per heavy atom. The van der Waals surface area contributed by atoms with Crippen LogP contribution in [-0.4, -0.2) is 36.5 Å². The molecule has 3 rings (SSSR count). The van der Waals surface area contributed by atoms with Crippen LogP contribution in [0.1, 0.15) is 36.1 Å². The van der Waals surface area contributed by atoms with Crippen LogP contribution >= 0.6 is 34.5 Å². The van der Waals surface area contributed by atoms with Crippen LogP contribution in [0.25, 0.3) is 0 Å². The molecule has 0 atom stereocenters. The zero-order valence-corrected chi connectivity index (χ0v) is 21.3. The van der Waals surface area contributed by atoms with Gasteiger partial charge in [0.2, 0.25) is 5.13 Å². The molecule has 0 spiro atoms. The highest BCUT2D eigenvalue weighted by atomic mass is 35.5. The Kier molecular flexibility index (Phi) is 9.42. The molecule has 2 heterocycles. The van der Waals surface area contributed by atoms with E-state index in [1.165, 1.54) is 24.3 Å². The first kappa shape index (κ1) is 26.8. The number of pyridine rings is 1. The van der Waals surface area contributed by atoms with Crippen molar-refractivity contribution in [2.24, 2.45) is 0 Å². The second-order valence-corrected chi connectivity index (χ2v) is 9.47. The number of halogens is 3. The van der Waals surface area contributed by atoms with Crippen molar-refractivity contribution in [1.29, 1.82) is 0 Å². The quantitative estimate of drug-likeness (QED) is 0.239. The van der Waals surface area contributed by atoms with E-state index in [4.69, 9.17) is 27.9 Å². The van der Waals surface area contributed by atoms with Crippen LogP contribution in [0.4, 0.5) is 10.1 Å². The summed E-state index contributed by atoms with van der Waals surface area (Å²) >= 11 is 13.0. The van der Waals surface area contributed by atoms with Gasteiger partial charge < -0.3 is 9.47 Å². The molecule has 35 heavy (non-hydrogen) atoms. The number of aromatic nitrogens is 1. The van der Waals surface area contributed by atoms with Gasteiger partial charge in [0, 0.05) is 22.2 Å². The van der Waals surface area contributed by atoms with Crippen molar-refractivity contribution in [2.45, 2.75) is 38.6 Å². The fraction of sp³-hybridized carbons (Fsp3) is 0.333. The standard InChI is InChI=1S/C24H23Cl2FN2O5S/c1-3-10-34-24(32)16-7-5-4-6-15(16)23(31)29(13-14-8-9-18(25)28-12-14)21-20(26)17(35-22(21)27)11-19(30)33-2/h3,8-9,12H,1,4-7,10-11,13H2,2H3. The molecular weight excluding hydrogens is 518 g/mol. The molecule has 0 aromatic carbocycles. The van der Waals surface area contributed by atoms with Crippen LogP contribution in [-0.2, 0) is 36.8 Å². The maximum atomic E-state index is 15.2. The number of nitrogens with zero attached hydrogens (tertiary/aromatic N) is 2. The number of anilines is 1. The van der Waals surface area contributed by atoms with E-state index in [1.54, 1.807) is 12.1 Å². The molecule has 11 heteroatoms. The van der Waals surface area contributed by atoms with Gasteiger partial charge in [-0.3, -0.25) is 14.5 Å². The lowest BCUT2D eigenvalue weighted by atomic mass is 9.90. The van der Waals surface area contributed by atoms with Gasteiger partial charge in [0.15, 0.2) is 0 Å². The van der Waals surface area contributed by atoms with E-state index >= 15 is 4.39 Å². The molecule has 0 fully saturated rings. The van der Waals surface area contributed by atoms with E-state index in [0.29, 0.717) is 42.6 Å². The summed E-state index contributed by atoms with van der Waals surface area (Å²) in [5.74, 6) is -1.78. The lowest BCUT2D eigenvalue weighted by Gasteiger charge is -2.27. The summed E-state index contributed by atoms with van der Waals surface area (Å²) in [7, 11) is 1.22. The van der Waals surface area contributed by atoms with E-state index in [1.807, 2.05) is 0 Å². The number of carbonyl (C=O) groups is 3. The molecule has 0 N–H and O–H groups in total. The average Bonchev–Trinajstić information content (AvgIpc) is 3.13. The van der Waals surface area contributed by atoms with E-state index in [0.717, 1.165) is 0 Å². The Hall–Kier alpha value is -2.75. The number of thiophene rings is 1. The molecule has 0 unspecified atom stereocenters. The van der Waals surface area contributed by atoms with Crippen molar-refractivity contribution in [1.82, 2.24) is 4.98 Å². The molecule has 0 saturated heterocycles. The van der Waals surface area contributed by atoms with E-state index in [9.17, 15) is 14.4 Å². The number of esters is 2. The minimum Gasteiger partial charge on any atom is -0.469 e. The summed E-state index contributed by atoms with van der Waals surface area (Å²) < 4.78 is 25.1. The van der Waals surface area contributed by atoms with Gasteiger partial charge >= 0.3 is 11.9 Å². The molecule has 1 aliphatic carbocycles. The largest absolute Gasteiger partial charge is 0.469 e. The zero-order valence-electron chi connectivity index (χ0n) is 18.9. The molecule has 1 amide bonds. The second-order valence-electron chi connectivity index (χ2n) is 7.65. The van der Waals surface area contributed by atoms with Gasteiger partial charge in [-0.15, -0.1) is 11.3 Å². The lowest BCUT2D eigenvalue weighted by Crippen LogP contribution is -2.34. The maximum Gasteiger partial charge on any atom is 0.334 e. The van der Waals surface area contributed by atoms with Crippen molar-refractivity contribution < 1.29 is 28.2 Å². The summed E-state index contributed by atoms with van der Waals surface area (Å²) in [6.07, 6.45) is 4.74. The van der Waals surface area contributed by atoms with Gasteiger partial charge in [-0.1, -0.05) is 41.9 Å². The molecule has 186 valence electrons. The van der Waals surface area contributed by atoms with Crippen LogP contribution in [0.2, 0.25) is 10.2 Å². The SMILES string of the molecule is C=CCOC(=O)C1=C(C(=O)N(Cc2ccc(Cl)nc2)c2c(F)sc(CC(=O)OC)c2Cl)CCCC1. The van der Waals surface area contributed by atoms with Gasteiger partial charge in [0.05, 0.1) is 25.1 Å². The van der Waals surface area contributed by atoms with Crippen LogP contribution in [0.15, 0.2) is 42.1 Å². The van der Waals surface area contributed by atoms with Crippen molar-refractivity contribution in [2.75, 3.05) is 18.6 Å². The number of ether oxygens (including phenoxy) is 2. The summed E-state index contributed by atoms with van der Waals surface area (Å²) in [6.45, 7) is 3.44. The third kappa shape index (κ3) is 6.48.